The van der Waals surface area contributed by atoms with E-state index in [9.17, 15) is 18.8 Å². The normalized spacial score (nSPS) is 10.7. The van der Waals surface area contributed by atoms with Gasteiger partial charge in [0.2, 0.25) is 5.91 Å². The first-order chi connectivity index (χ1) is 15.5. The van der Waals surface area contributed by atoms with E-state index in [1.54, 1.807) is 30.3 Å². The van der Waals surface area contributed by atoms with E-state index in [1.807, 2.05) is 30.3 Å². The fraction of sp³-hybridized carbons (Fsp3) is 0.0833. The minimum absolute atomic E-state index is 0.0117. The molecule has 4 rings (SSSR count). The molecule has 0 aliphatic carbocycles. The molecule has 8 heteroatoms. The van der Waals surface area contributed by atoms with Gasteiger partial charge in [-0.2, -0.15) is 5.10 Å². The van der Waals surface area contributed by atoms with Gasteiger partial charge in [0.05, 0.1) is 18.4 Å². The van der Waals surface area contributed by atoms with Gasteiger partial charge in [-0.25, -0.2) is 9.07 Å². The van der Waals surface area contributed by atoms with Gasteiger partial charge in [-0.1, -0.05) is 66.7 Å². The third kappa shape index (κ3) is 4.54. The predicted molar refractivity (Wildman–Crippen MR) is 117 cm³/mol. The molecule has 0 bridgehead atoms. The lowest BCUT2D eigenvalue weighted by molar-refractivity contribution is -0.121. The Morgan fingerprint density at radius 1 is 0.844 bits per heavy atom. The zero-order valence-corrected chi connectivity index (χ0v) is 16.9. The molecule has 2 amide bonds. The number of aromatic nitrogens is 2. The average Bonchev–Trinajstić information content (AvgIpc) is 2.81. The maximum absolute atomic E-state index is 13.7. The van der Waals surface area contributed by atoms with Crippen LogP contribution in [-0.4, -0.2) is 21.6 Å². The maximum Gasteiger partial charge on any atom is 0.290 e. The molecule has 4 aromatic rings. The van der Waals surface area contributed by atoms with Crippen LogP contribution >= 0.6 is 0 Å². The lowest BCUT2D eigenvalue weighted by Crippen LogP contribution is -2.43. The fourth-order valence-electron chi connectivity index (χ4n) is 3.31. The van der Waals surface area contributed by atoms with Gasteiger partial charge in [-0.3, -0.25) is 25.2 Å². The van der Waals surface area contributed by atoms with Gasteiger partial charge in [0.1, 0.15) is 5.82 Å². The maximum atomic E-state index is 13.7. The molecule has 0 unspecified atom stereocenters. The molecule has 0 radical (unpaired) electrons. The molecule has 1 heterocycles. The van der Waals surface area contributed by atoms with Crippen molar-refractivity contribution in [2.45, 2.75) is 13.0 Å². The molecular weight excluding hydrogens is 411 g/mol. The largest absolute Gasteiger partial charge is 0.290 e. The predicted octanol–water partition coefficient (Wildman–Crippen LogP) is 2.59. The van der Waals surface area contributed by atoms with Crippen molar-refractivity contribution in [1.82, 2.24) is 20.6 Å². The lowest BCUT2D eigenvalue weighted by Gasteiger charge is -2.12. The van der Waals surface area contributed by atoms with E-state index >= 15 is 0 Å². The van der Waals surface area contributed by atoms with Crippen molar-refractivity contribution in [3.05, 3.63) is 112 Å². The quantitative estimate of drug-likeness (QED) is 0.476. The van der Waals surface area contributed by atoms with Gasteiger partial charge >= 0.3 is 0 Å². The number of hydrogen-bond donors (Lipinski definition) is 2. The topological polar surface area (TPSA) is 93.1 Å². The van der Waals surface area contributed by atoms with E-state index in [-0.39, 0.29) is 29.8 Å². The van der Waals surface area contributed by atoms with Gasteiger partial charge in [-0.15, -0.1) is 0 Å². The molecule has 0 fully saturated rings. The highest BCUT2D eigenvalue weighted by Crippen LogP contribution is 2.14. The van der Waals surface area contributed by atoms with Crippen LogP contribution in [0, 0.1) is 5.82 Å². The van der Waals surface area contributed by atoms with Crippen LogP contribution in [0.25, 0.3) is 10.8 Å². The molecule has 0 saturated carbocycles. The molecule has 1 aromatic heterocycles. The van der Waals surface area contributed by atoms with Gasteiger partial charge in [0, 0.05) is 5.39 Å². The number of rotatable bonds is 5. The molecule has 0 spiro atoms. The first-order valence-corrected chi connectivity index (χ1v) is 9.89. The number of halogens is 1. The van der Waals surface area contributed by atoms with Crippen LogP contribution in [0.2, 0.25) is 0 Å². The second-order valence-electron chi connectivity index (χ2n) is 7.11. The Labute approximate surface area is 182 Å². The van der Waals surface area contributed by atoms with Gasteiger partial charge in [-0.05, 0) is 23.3 Å². The van der Waals surface area contributed by atoms with E-state index in [2.05, 4.69) is 16.0 Å². The molecular formula is C24H19FN4O3. The SMILES string of the molecule is O=C(Cc1ccccc1F)NNC(=O)c1nn(Cc2ccccc2)c(=O)c2ccccc12. The van der Waals surface area contributed by atoms with Gasteiger partial charge in [0.25, 0.3) is 11.5 Å². The van der Waals surface area contributed by atoms with Crippen molar-refractivity contribution in [3.8, 4) is 0 Å². The second kappa shape index (κ2) is 9.22. The molecule has 32 heavy (non-hydrogen) atoms. The van der Waals surface area contributed by atoms with Crippen molar-refractivity contribution >= 4 is 22.6 Å². The first kappa shape index (κ1) is 20.9. The Kier molecular flexibility index (Phi) is 6.03. The van der Waals surface area contributed by atoms with Crippen LogP contribution in [0.5, 0.6) is 0 Å². The summed E-state index contributed by atoms with van der Waals surface area (Å²) in [4.78, 5) is 37.9. The molecule has 160 valence electrons. The monoisotopic (exact) mass is 430 g/mol. The lowest BCUT2D eigenvalue weighted by atomic mass is 10.1. The minimum atomic E-state index is -0.690. The number of amides is 2. The summed E-state index contributed by atoms with van der Waals surface area (Å²) in [6.07, 6.45) is -0.241. The van der Waals surface area contributed by atoms with Crippen molar-refractivity contribution in [3.63, 3.8) is 0 Å². The van der Waals surface area contributed by atoms with Crippen molar-refractivity contribution in [1.29, 1.82) is 0 Å². The number of hydrogen-bond acceptors (Lipinski definition) is 4. The number of nitrogens with zero attached hydrogens (tertiary/aromatic N) is 2. The Bertz CT molecular complexity index is 1350. The van der Waals surface area contributed by atoms with Gasteiger partial charge < -0.3 is 0 Å². The van der Waals surface area contributed by atoms with Crippen molar-refractivity contribution in [2.75, 3.05) is 0 Å². The first-order valence-electron chi connectivity index (χ1n) is 9.89. The van der Waals surface area contributed by atoms with Crippen LogP contribution < -0.4 is 16.4 Å². The van der Waals surface area contributed by atoms with Crippen LogP contribution in [0.15, 0.2) is 83.7 Å². The Morgan fingerprint density at radius 3 is 2.25 bits per heavy atom. The standard InChI is InChI=1S/C24H19FN4O3/c25-20-13-7-4-10-17(20)14-21(30)26-27-23(31)22-18-11-5-6-12-19(18)24(32)29(28-22)15-16-8-2-1-3-9-16/h1-13H,14-15H2,(H,26,30)(H,27,31). The van der Waals surface area contributed by atoms with Crippen molar-refractivity contribution in [2.24, 2.45) is 0 Å². The Morgan fingerprint density at radius 2 is 1.50 bits per heavy atom. The average molecular weight is 430 g/mol. The zero-order valence-electron chi connectivity index (χ0n) is 16.9. The molecule has 0 saturated heterocycles. The third-order valence-corrected chi connectivity index (χ3v) is 4.88. The number of hydrazine groups is 1. The number of carbonyl (C=O) groups is 2. The zero-order chi connectivity index (χ0) is 22.5. The Balaban J connectivity index is 1.58. The van der Waals surface area contributed by atoms with E-state index in [1.165, 1.54) is 22.9 Å². The summed E-state index contributed by atoms with van der Waals surface area (Å²) in [7, 11) is 0. The molecule has 0 atom stereocenters. The van der Waals surface area contributed by atoms with Gasteiger partial charge in [0.15, 0.2) is 5.69 Å². The molecule has 2 N–H and O–H groups in total. The van der Waals surface area contributed by atoms with E-state index in [0.717, 1.165) is 5.56 Å². The highest BCUT2D eigenvalue weighted by molar-refractivity contribution is 6.05. The summed E-state index contributed by atoms with van der Waals surface area (Å²) in [5.41, 5.74) is 5.29. The number of nitrogens with one attached hydrogen (secondary N) is 2. The minimum Gasteiger partial charge on any atom is -0.273 e. The summed E-state index contributed by atoms with van der Waals surface area (Å²) in [6, 6.07) is 21.8. The number of fused-ring (bicyclic) bond motifs is 1. The molecule has 0 aliphatic rings. The molecule has 3 aromatic carbocycles. The molecule has 7 nitrogen and oxygen atoms in total. The highest BCUT2D eigenvalue weighted by Gasteiger charge is 2.18. The van der Waals surface area contributed by atoms with E-state index in [0.29, 0.717) is 10.8 Å². The Hall–Kier alpha value is -4.33. The summed E-state index contributed by atoms with van der Waals surface area (Å²) < 4.78 is 15.0. The highest BCUT2D eigenvalue weighted by atomic mass is 19.1. The smallest absolute Gasteiger partial charge is 0.273 e. The second-order valence-corrected chi connectivity index (χ2v) is 7.11. The fourth-order valence-corrected chi connectivity index (χ4v) is 3.31. The summed E-state index contributed by atoms with van der Waals surface area (Å²) in [5, 5.41) is 4.95. The number of benzene rings is 3. The van der Waals surface area contributed by atoms with Crippen molar-refractivity contribution < 1.29 is 14.0 Å². The van der Waals surface area contributed by atoms with E-state index < -0.39 is 17.6 Å². The third-order valence-electron chi connectivity index (χ3n) is 4.88. The van der Waals surface area contributed by atoms with Crippen LogP contribution in [0.4, 0.5) is 4.39 Å². The van der Waals surface area contributed by atoms with Crippen LogP contribution in [-0.2, 0) is 17.8 Å². The van der Waals surface area contributed by atoms with Crippen LogP contribution in [0.3, 0.4) is 0 Å². The summed E-state index contributed by atoms with van der Waals surface area (Å²) in [6.45, 7) is 0.185. The molecule has 0 aliphatic heterocycles. The number of carbonyl (C=O) groups excluding carboxylic acids is 2. The summed E-state index contributed by atoms with van der Waals surface area (Å²) >= 11 is 0. The van der Waals surface area contributed by atoms with E-state index in [4.69, 9.17) is 0 Å². The summed E-state index contributed by atoms with van der Waals surface area (Å²) in [5.74, 6) is -1.79. The van der Waals surface area contributed by atoms with Crippen LogP contribution in [0.1, 0.15) is 21.6 Å².